The molecule has 0 aromatic carbocycles. The molecule has 0 unspecified atom stereocenters. The van der Waals surface area contributed by atoms with Crippen LogP contribution in [-0.4, -0.2) is 29.7 Å². The van der Waals surface area contributed by atoms with Crippen LogP contribution in [0.2, 0.25) is 5.02 Å². The maximum atomic E-state index is 10.8. The zero-order valence-corrected chi connectivity index (χ0v) is 11.9. The molecule has 5 heteroatoms. The lowest BCUT2D eigenvalue weighted by molar-refractivity contribution is 0.0696. The Morgan fingerprint density at radius 2 is 2.16 bits per heavy atom. The average Bonchev–Trinajstić information content (AvgIpc) is 2.39. The van der Waals surface area contributed by atoms with Gasteiger partial charge in [-0.3, -0.25) is 0 Å². The Morgan fingerprint density at radius 1 is 1.47 bits per heavy atom. The van der Waals surface area contributed by atoms with Crippen molar-refractivity contribution in [3.63, 3.8) is 0 Å². The third kappa shape index (κ3) is 3.60. The molecule has 19 heavy (non-hydrogen) atoms. The van der Waals surface area contributed by atoms with Crippen LogP contribution < -0.4 is 4.90 Å². The van der Waals surface area contributed by atoms with Gasteiger partial charge in [-0.1, -0.05) is 30.9 Å². The molecule has 0 aliphatic heterocycles. The van der Waals surface area contributed by atoms with Crippen molar-refractivity contribution in [3.8, 4) is 0 Å². The van der Waals surface area contributed by atoms with Crippen molar-refractivity contribution in [2.45, 2.75) is 32.1 Å². The number of nitrogens with zero attached hydrogens (tertiary/aromatic N) is 2. The highest BCUT2D eigenvalue weighted by atomic mass is 35.5. The van der Waals surface area contributed by atoms with E-state index in [9.17, 15) is 4.79 Å². The fourth-order valence-electron chi connectivity index (χ4n) is 2.67. The summed E-state index contributed by atoms with van der Waals surface area (Å²) in [5.41, 5.74) is 0.125. The van der Waals surface area contributed by atoms with Gasteiger partial charge in [-0.2, -0.15) is 0 Å². The molecule has 0 bridgehead atoms. The molecule has 0 radical (unpaired) electrons. The van der Waals surface area contributed by atoms with Crippen molar-refractivity contribution >= 4 is 23.4 Å². The molecule has 0 amide bonds. The van der Waals surface area contributed by atoms with Crippen molar-refractivity contribution in [1.82, 2.24) is 4.98 Å². The van der Waals surface area contributed by atoms with Gasteiger partial charge in [0.05, 0.1) is 10.6 Å². The first-order valence-corrected chi connectivity index (χ1v) is 7.05. The fourth-order valence-corrected chi connectivity index (χ4v) is 2.98. The highest BCUT2D eigenvalue weighted by Gasteiger charge is 2.18. The lowest BCUT2D eigenvalue weighted by Gasteiger charge is -2.28. The van der Waals surface area contributed by atoms with E-state index in [4.69, 9.17) is 16.7 Å². The Kier molecular flexibility index (Phi) is 4.64. The van der Waals surface area contributed by atoms with Crippen LogP contribution in [0.15, 0.2) is 12.3 Å². The van der Waals surface area contributed by atoms with Gasteiger partial charge in [-0.05, 0) is 24.8 Å². The molecular weight excluding hydrogens is 264 g/mol. The summed E-state index contributed by atoms with van der Waals surface area (Å²) in [6.07, 6.45) is 7.83. The first-order chi connectivity index (χ1) is 9.08. The third-order valence-electron chi connectivity index (χ3n) is 3.69. The lowest BCUT2D eigenvalue weighted by atomic mass is 9.89. The molecule has 1 N–H and O–H groups in total. The van der Waals surface area contributed by atoms with E-state index in [2.05, 4.69) is 4.98 Å². The first-order valence-electron chi connectivity index (χ1n) is 6.68. The monoisotopic (exact) mass is 282 g/mol. The smallest absolute Gasteiger partial charge is 0.337 e. The average molecular weight is 283 g/mol. The van der Waals surface area contributed by atoms with Crippen molar-refractivity contribution in [2.75, 3.05) is 18.5 Å². The van der Waals surface area contributed by atoms with Gasteiger partial charge in [-0.15, -0.1) is 0 Å². The minimum absolute atomic E-state index is 0.125. The number of aromatic nitrogens is 1. The molecule has 0 saturated heterocycles. The van der Waals surface area contributed by atoms with Gasteiger partial charge in [0.1, 0.15) is 5.82 Å². The van der Waals surface area contributed by atoms with Crippen LogP contribution in [0.5, 0.6) is 0 Å². The molecule has 2 rings (SSSR count). The number of halogens is 1. The van der Waals surface area contributed by atoms with Gasteiger partial charge in [0.15, 0.2) is 0 Å². The summed E-state index contributed by atoms with van der Waals surface area (Å²) in [4.78, 5) is 17.0. The van der Waals surface area contributed by atoms with Gasteiger partial charge in [-0.25, -0.2) is 9.78 Å². The Hall–Kier alpha value is -1.29. The summed E-state index contributed by atoms with van der Waals surface area (Å²) in [6.45, 7) is 0.930. The second-order valence-electron chi connectivity index (χ2n) is 5.22. The molecule has 1 fully saturated rings. The van der Waals surface area contributed by atoms with Crippen molar-refractivity contribution in [3.05, 3.63) is 22.8 Å². The molecule has 1 aliphatic rings. The molecule has 1 heterocycles. The van der Waals surface area contributed by atoms with E-state index >= 15 is 0 Å². The van der Waals surface area contributed by atoms with Crippen LogP contribution in [0.3, 0.4) is 0 Å². The van der Waals surface area contributed by atoms with E-state index in [0.29, 0.717) is 16.8 Å². The molecule has 1 aromatic heterocycles. The number of carboxylic acids is 1. The van der Waals surface area contributed by atoms with E-state index in [-0.39, 0.29) is 5.56 Å². The fraction of sp³-hybridized carbons (Fsp3) is 0.571. The van der Waals surface area contributed by atoms with Crippen molar-refractivity contribution in [2.24, 2.45) is 5.92 Å². The van der Waals surface area contributed by atoms with E-state index in [1.807, 2.05) is 11.9 Å². The molecular formula is C14H19ClN2O2. The molecule has 1 saturated carbocycles. The standard InChI is InChI=1S/C14H19ClN2O2/c1-17(9-10-5-3-2-4-6-10)13-12(15)7-11(8-16-13)14(18)19/h7-8,10H,2-6,9H2,1H3,(H,18,19). The summed E-state index contributed by atoms with van der Waals surface area (Å²) in [5.74, 6) is 0.351. The molecule has 1 aromatic rings. The van der Waals surface area contributed by atoms with E-state index in [1.54, 1.807) is 0 Å². The maximum absolute atomic E-state index is 10.8. The van der Waals surface area contributed by atoms with Gasteiger partial charge >= 0.3 is 5.97 Å². The second kappa shape index (κ2) is 6.24. The van der Waals surface area contributed by atoms with Crippen LogP contribution >= 0.6 is 11.6 Å². The summed E-state index contributed by atoms with van der Waals surface area (Å²) in [5, 5.41) is 9.29. The summed E-state index contributed by atoms with van der Waals surface area (Å²) >= 11 is 6.12. The lowest BCUT2D eigenvalue weighted by Crippen LogP contribution is -2.27. The number of carbonyl (C=O) groups is 1. The molecule has 104 valence electrons. The predicted molar refractivity (Wildman–Crippen MR) is 76.1 cm³/mol. The zero-order valence-electron chi connectivity index (χ0n) is 11.1. The molecule has 1 aliphatic carbocycles. The Balaban J connectivity index is 2.05. The predicted octanol–water partition coefficient (Wildman–Crippen LogP) is 3.45. The SMILES string of the molecule is CN(CC1CCCCC1)c1ncc(C(=O)O)cc1Cl. The molecule has 0 spiro atoms. The minimum atomic E-state index is -1.00. The quantitative estimate of drug-likeness (QED) is 0.919. The third-order valence-corrected chi connectivity index (χ3v) is 3.97. The highest BCUT2D eigenvalue weighted by Crippen LogP contribution is 2.28. The maximum Gasteiger partial charge on any atom is 0.337 e. The van der Waals surface area contributed by atoms with Crippen LogP contribution in [-0.2, 0) is 0 Å². The Bertz CT molecular complexity index is 459. The van der Waals surface area contributed by atoms with Gasteiger partial charge in [0.25, 0.3) is 0 Å². The number of anilines is 1. The Morgan fingerprint density at radius 3 is 2.74 bits per heavy atom. The number of rotatable bonds is 4. The van der Waals surface area contributed by atoms with Crippen LogP contribution in [0.4, 0.5) is 5.82 Å². The van der Waals surface area contributed by atoms with Crippen molar-refractivity contribution < 1.29 is 9.90 Å². The summed E-state index contributed by atoms with van der Waals surface area (Å²) in [6, 6.07) is 1.46. The van der Waals surface area contributed by atoms with Crippen LogP contribution in [0, 0.1) is 5.92 Å². The van der Waals surface area contributed by atoms with E-state index in [0.717, 1.165) is 6.54 Å². The summed E-state index contributed by atoms with van der Waals surface area (Å²) in [7, 11) is 1.96. The number of aromatic carboxylic acids is 1. The van der Waals surface area contributed by atoms with Crippen molar-refractivity contribution in [1.29, 1.82) is 0 Å². The zero-order chi connectivity index (χ0) is 13.8. The Labute approximate surface area is 118 Å². The van der Waals surface area contributed by atoms with Gasteiger partial charge < -0.3 is 10.0 Å². The molecule has 4 nitrogen and oxygen atoms in total. The number of hydrogen-bond donors (Lipinski definition) is 1. The number of carboxylic acid groups (broad SMARTS) is 1. The first kappa shape index (κ1) is 14.1. The summed E-state index contributed by atoms with van der Waals surface area (Å²) < 4.78 is 0. The normalized spacial score (nSPS) is 16.3. The number of pyridine rings is 1. The van der Waals surface area contributed by atoms with Crippen LogP contribution in [0.1, 0.15) is 42.5 Å². The van der Waals surface area contributed by atoms with Crippen LogP contribution in [0.25, 0.3) is 0 Å². The highest BCUT2D eigenvalue weighted by molar-refractivity contribution is 6.33. The molecule has 0 atom stereocenters. The number of hydrogen-bond acceptors (Lipinski definition) is 3. The van der Waals surface area contributed by atoms with E-state index < -0.39 is 5.97 Å². The van der Waals surface area contributed by atoms with E-state index in [1.165, 1.54) is 44.4 Å². The van der Waals surface area contributed by atoms with Gasteiger partial charge in [0.2, 0.25) is 0 Å². The van der Waals surface area contributed by atoms with Gasteiger partial charge in [0, 0.05) is 19.8 Å². The largest absolute Gasteiger partial charge is 0.478 e. The topological polar surface area (TPSA) is 53.4 Å². The minimum Gasteiger partial charge on any atom is -0.478 e. The second-order valence-corrected chi connectivity index (χ2v) is 5.63.